The molecule has 2 aromatic heterocycles. The number of likely N-dealkylation sites (tertiary alicyclic amines) is 1. The first kappa shape index (κ1) is 25.3. The SMILES string of the molecule is CN(CC1CC1)c1cc(OC[C@@H]2CCCN2C)nc(-c2noc3c2CCC[C@@]32CCc3ccc(N)c(C#N)c32)n1. The van der Waals surface area contributed by atoms with E-state index in [9.17, 15) is 5.26 Å². The molecule has 9 heteroatoms. The quantitative estimate of drug-likeness (QED) is 0.434. The molecule has 0 amide bonds. The lowest BCUT2D eigenvalue weighted by molar-refractivity contribution is 0.193. The van der Waals surface area contributed by atoms with Crippen molar-refractivity contribution in [2.45, 2.75) is 69.2 Å². The Bertz CT molecular complexity index is 1490. The van der Waals surface area contributed by atoms with Gasteiger partial charge in [-0.05, 0) is 94.5 Å². The normalized spacial score (nSPS) is 23.7. The lowest BCUT2D eigenvalue weighted by atomic mass is 9.68. The Morgan fingerprint density at radius 2 is 2.08 bits per heavy atom. The zero-order valence-corrected chi connectivity index (χ0v) is 23.4. The Morgan fingerprint density at radius 1 is 1.20 bits per heavy atom. The van der Waals surface area contributed by atoms with Gasteiger partial charge in [0.15, 0.2) is 17.3 Å². The molecule has 1 saturated heterocycles. The van der Waals surface area contributed by atoms with Gasteiger partial charge < -0.3 is 24.8 Å². The maximum Gasteiger partial charge on any atom is 0.219 e. The molecule has 3 heterocycles. The number of aromatic nitrogens is 3. The molecular formula is C31H37N7O2. The third kappa shape index (κ3) is 4.21. The maximum atomic E-state index is 10.0. The molecule has 4 aliphatic rings. The van der Waals surface area contributed by atoms with E-state index in [1.54, 1.807) is 0 Å². The number of hydrogen-bond donors (Lipinski definition) is 1. The second-order valence-corrected chi connectivity index (χ2v) is 12.2. The molecule has 0 radical (unpaired) electrons. The first-order chi connectivity index (χ1) is 19.5. The Hall–Kier alpha value is -3.64. The smallest absolute Gasteiger partial charge is 0.219 e. The van der Waals surface area contributed by atoms with Crippen molar-refractivity contribution in [2.24, 2.45) is 5.92 Å². The highest BCUT2D eigenvalue weighted by Crippen LogP contribution is 2.54. The number of aryl methyl sites for hydroxylation is 1. The highest BCUT2D eigenvalue weighted by Gasteiger charge is 2.49. The van der Waals surface area contributed by atoms with E-state index in [0.717, 1.165) is 80.2 Å². The van der Waals surface area contributed by atoms with Crippen LogP contribution < -0.4 is 15.4 Å². The summed E-state index contributed by atoms with van der Waals surface area (Å²) in [5.41, 5.74) is 11.0. The number of likely N-dealkylation sites (N-methyl/N-ethyl adjacent to an activating group) is 1. The second-order valence-electron chi connectivity index (χ2n) is 12.2. The van der Waals surface area contributed by atoms with Crippen LogP contribution in [0.2, 0.25) is 0 Å². The van der Waals surface area contributed by atoms with E-state index in [0.29, 0.717) is 41.3 Å². The summed E-state index contributed by atoms with van der Waals surface area (Å²) in [5.74, 6) is 3.55. The van der Waals surface area contributed by atoms with Crippen LogP contribution in [-0.4, -0.2) is 59.9 Å². The molecule has 40 heavy (non-hydrogen) atoms. The fraction of sp³-hybridized carbons (Fsp3) is 0.548. The monoisotopic (exact) mass is 539 g/mol. The van der Waals surface area contributed by atoms with E-state index in [1.807, 2.05) is 12.1 Å². The summed E-state index contributed by atoms with van der Waals surface area (Å²) in [6.45, 7) is 2.68. The number of rotatable bonds is 7. The van der Waals surface area contributed by atoms with Gasteiger partial charge in [-0.2, -0.15) is 10.2 Å². The molecule has 3 aromatic rings. The zero-order chi connectivity index (χ0) is 27.4. The average Bonchev–Trinajstić information content (AvgIpc) is 3.34. The van der Waals surface area contributed by atoms with Crippen molar-refractivity contribution in [1.82, 2.24) is 20.0 Å². The molecule has 7 rings (SSSR count). The van der Waals surface area contributed by atoms with Gasteiger partial charge in [-0.15, -0.1) is 0 Å². The standard InChI is InChI=1S/C31H37N7O2/c1-37-14-4-5-21(37)18-39-26-15-25(38(2)17-19-7-8-19)34-30(35-26)28-22-6-3-12-31(29(22)40-36-28)13-11-20-9-10-24(33)23(16-32)27(20)31/h9-10,15,19,21H,3-8,11-14,17-18,33H2,1-2H3/t21-,31-/m0/s1. The van der Waals surface area contributed by atoms with Crippen molar-refractivity contribution in [3.05, 3.63) is 46.2 Å². The predicted molar refractivity (Wildman–Crippen MR) is 152 cm³/mol. The molecule has 2 N–H and O–H groups in total. The Labute approximate surface area is 235 Å². The summed E-state index contributed by atoms with van der Waals surface area (Å²) in [6.07, 6.45) is 9.38. The van der Waals surface area contributed by atoms with E-state index >= 15 is 0 Å². The van der Waals surface area contributed by atoms with Crippen LogP contribution in [0, 0.1) is 17.2 Å². The van der Waals surface area contributed by atoms with E-state index < -0.39 is 0 Å². The third-order valence-corrected chi connectivity index (χ3v) is 9.60. The van der Waals surface area contributed by atoms with Crippen LogP contribution in [0.15, 0.2) is 22.7 Å². The van der Waals surface area contributed by atoms with Crippen LogP contribution >= 0.6 is 0 Å². The number of benzene rings is 1. The van der Waals surface area contributed by atoms with Gasteiger partial charge in [0, 0.05) is 37.0 Å². The van der Waals surface area contributed by atoms with E-state index in [4.69, 9.17) is 25.0 Å². The number of nitrogens with zero attached hydrogens (tertiary/aromatic N) is 6. The minimum Gasteiger partial charge on any atom is -0.476 e. The van der Waals surface area contributed by atoms with Gasteiger partial charge in [0.25, 0.3) is 0 Å². The minimum absolute atomic E-state index is 0.388. The molecule has 9 nitrogen and oxygen atoms in total. The Kier molecular flexibility index (Phi) is 6.19. The topological polar surface area (TPSA) is 117 Å². The predicted octanol–water partition coefficient (Wildman–Crippen LogP) is 4.47. The molecule has 2 atom stereocenters. The van der Waals surface area contributed by atoms with Crippen molar-refractivity contribution in [2.75, 3.05) is 44.4 Å². The van der Waals surface area contributed by atoms with Crippen molar-refractivity contribution in [3.8, 4) is 23.5 Å². The first-order valence-electron chi connectivity index (χ1n) is 14.7. The van der Waals surface area contributed by atoms with Gasteiger partial charge in [0.1, 0.15) is 18.5 Å². The van der Waals surface area contributed by atoms with Gasteiger partial charge in [0.05, 0.1) is 11.0 Å². The number of nitrogen functional groups attached to an aromatic ring is 1. The fourth-order valence-electron chi connectivity index (χ4n) is 7.20. The van der Waals surface area contributed by atoms with E-state index in [-0.39, 0.29) is 5.41 Å². The van der Waals surface area contributed by atoms with Crippen molar-refractivity contribution in [3.63, 3.8) is 0 Å². The van der Waals surface area contributed by atoms with Crippen LogP contribution in [0.1, 0.15) is 73.0 Å². The van der Waals surface area contributed by atoms with Gasteiger partial charge in [0.2, 0.25) is 5.88 Å². The van der Waals surface area contributed by atoms with Crippen LogP contribution in [0.25, 0.3) is 11.5 Å². The van der Waals surface area contributed by atoms with Gasteiger partial charge >= 0.3 is 0 Å². The molecule has 1 aromatic carbocycles. The van der Waals surface area contributed by atoms with Crippen LogP contribution in [0.3, 0.4) is 0 Å². The summed E-state index contributed by atoms with van der Waals surface area (Å²) >= 11 is 0. The van der Waals surface area contributed by atoms with Crippen molar-refractivity contribution < 1.29 is 9.26 Å². The maximum absolute atomic E-state index is 10.0. The van der Waals surface area contributed by atoms with Crippen LogP contribution in [0.4, 0.5) is 11.5 Å². The summed E-state index contributed by atoms with van der Waals surface area (Å²) < 4.78 is 12.5. The third-order valence-electron chi connectivity index (χ3n) is 9.60. The Balaban J connectivity index is 1.28. The highest BCUT2D eigenvalue weighted by atomic mass is 16.5. The summed E-state index contributed by atoms with van der Waals surface area (Å²) in [4.78, 5) is 14.4. The number of nitriles is 1. The molecule has 1 saturated carbocycles. The lowest BCUT2D eigenvalue weighted by Crippen LogP contribution is -2.31. The van der Waals surface area contributed by atoms with Crippen LogP contribution in [0.5, 0.6) is 5.88 Å². The fourth-order valence-corrected chi connectivity index (χ4v) is 7.20. The summed E-state index contributed by atoms with van der Waals surface area (Å²) in [7, 11) is 4.25. The van der Waals surface area contributed by atoms with E-state index in [2.05, 4.69) is 41.2 Å². The molecule has 0 bridgehead atoms. The van der Waals surface area contributed by atoms with Crippen LogP contribution in [-0.2, 0) is 18.3 Å². The van der Waals surface area contributed by atoms with Gasteiger partial charge in [-0.25, -0.2) is 4.98 Å². The number of fused-ring (bicyclic) bond motifs is 4. The summed E-state index contributed by atoms with van der Waals surface area (Å²) in [5, 5.41) is 14.6. The minimum atomic E-state index is -0.388. The van der Waals surface area contributed by atoms with Crippen molar-refractivity contribution >= 4 is 11.5 Å². The number of anilines is 2. The highest BCUT2D eigenvalue weighted by molar-refractivity contribution is 5.68. The molecule has 1 aliphatic heterocycles. The lowest BCUT2D eigenvalue weighted by Gasteiger charge is -2.33. The second kappa shape index (κ2) is 9.77. The molecular weight excluding hydrogens is 502 g/mol. The molecule has 3 aliphatic carbocycles. The van der Waals surface area contributed by atoms with Gasteiger partial charge in [-0.1, -0.05) is 11.2 Å². The van der Waals surface area contributed by atoms with E-state index in [1.165, 1.54) is 24.8 Å². The number of ether oxygens (including phenoxy) is 1. The molecule has 2 fully saturated rings. The molecule has 0 unspecified atom stereocenters. The summed E-state index contributed by atoms with van der Waals surface area (Å²) in [6, 6.07) is 8.67. The van der Waals surface area contributed by atoms with Gasteiger partial charge in [-0.3, -0.25) is 0 Å². The number of nitrogens with two attached hydrogens (primary N) is 1. The zero-order valence-electron chi connectivity index (χ0n) is 23.4. The number of hydrogen-bond acceptors (Lipinski definition) is 9. The first-order valence-corrected chi connectivity index (χ1v) is 14.7. The molecule has 1 spiro atoms. The molecule has 208 valence electrons. The average molecular weight is 540 g/mol. The Morgan fingerprint density at radius 3 is 2.85 bits per heavy atom. The largest absolute Gasteiger partial charge is 0.476 e. The van der Waals surface area contributed by atoms with Crippen molar-refractivity contribution in [1.29, 1.82) is 5.26 Å².